The number of thiophene rings is 7. The molecule has 8 aromatic heterocycles. The highest BCUT2D eigenvalue weighted by Crippen LogP contribution is 2.62. The van der Waals surface area contributed by atoms with Gasteiger partial charge in [0, 0.05) is 91.9 Å². The molecule has 105 heavy (non-hydrogen) atoms. The van der Waals surface area contributed by atoms with Crippen molar-refractivity contribution >= 4 is 101 Å². The Hall–Kier alpha value is -5.43. The van der Waals surface area contributed by atoms with Crippen LogP contribution in [0.5, 0.6) is 0 Å². The van der Waals surface area contributed by atoms with E-state index in [9.17, 15) is 0 Å². The monoisotopic (exact) mass is 1530 g/mol. The van der Waals surface area contributed by atoms with Crippen molar-refractivity contribution in [1.29, 1.82) is 0 Å². The van der Waals surface area contributed by atoms with Crippen LogP contribution < -0.4 is 0 Å². The van der Waals surface area contributed by atoms with Gasteiger partial charge in [-0.1, -0.05) is 257 Å². The van der Waals surface area contributed by atoms with Gasteiger partial charge < -0.3 is 0 Å². The highest BCUT2D eigenvalue weighted by molar-refractivity contribution is 7.28. The van der Waals surface area contributed by atoms with E-state index in [0.717, 1.165) is 57.4 Å². The molecule has 1 aliphatic heterocycles. The molecule has 2 atom stereocenters. The summed E-state index contributed by atoms with van der Waals surface area (Å²) in [5.41, 5.74) is 20.7. The maximum atomic E-state index is 5.56. The lowest BCUT2D eigenvalue weighted by Crippen LogP contribution is -2.31. The van der Waals surface area contributed by atoms with E-state index >= 15 is 0 Å². The van der Waals surface area contributed by atoms with E-state index in [2.05, 4.69) is 198 Å². The number of benzene rings is 3. The van der Waals surface area contributed by atoms with Crippen molar-refractivity contribution in [2.75, 3.05) is 0 Å². The van der Waals surface area contributed by atoms with Gasteiger partial charge >= 0.3 is 0 Å². The zero-order valence-corrected chi connectivity index (χ0v) is 71.5. The summed E-state index contributed by atoms with van der Waals surface area (Å²) in [7, 11) is 0. The van der Waals surface area contributed by atoms with Crippen molar-refractivity contribution in [3.05, 3.63) is 179 Å². The predicted molar refractivity (Wildman–Crippen MR) is 472 cm³/mol. The minimum Gasteiger partial charge on any atom is -0.244 e. The molecule has 556 valence electrons. The van der Waals surface area contributed by atoms with Crippen LogP contribution in [0.15, 0.2) is 120 Å². The SMILES string of the molecule is CCCCC(CC)CC1(CC(CC)CCCC)c2cc(C)sc2-c2sc(-c3ccc(C)c4nc(-c5ccccc5)c(-c5ccccc5)nc34)cc21.CCCCCCc1cc(-c2sc(C3=Nc4sc(-c5cc(CCCCCC)c(-c6cc(CCCCCC)c(C)s6)s5)cc4C3)cc2CCCCCC)sc1C. The molecule has 0 fully saturated rings. The molecular weight excluding hydrogens is 1410 g/mol. The number of rotatable bonds is 39. The van der Waals surface area contributed by atoms with Gasteiger partial charge in [-0.25, -0.2) is 15.0 Å². The van der Waals surface area contributed by atoms with Gasteiger partial charge in [0.2, 0.25) is 0 Å². The molecule has 0 radical (unpaired) electrons. The molecule has 2 unspecified atom stereocenters. The molecule has 2 aliphatic rings. The molecule has 1 aliphatic carbocycles. The van der Waals surface area contributed by atoms with Crippen LogP contribution in [0.2, 0.25) is 0 Å². The minimum atomic E-state index is 0.0644. The highest BCUT2D eigenvalue weighted by atomic mass is 32.1. The van der Waals surface area contributed by atoms with Crippen LogP contribution in [-0.4, -0.2) is 15.7 Å². The number of aromatic nitrogens is 2. The normalized spacial score (nSPS) is 14.5. The molecule has 0 saturated heterocycles. The van der Waals surface area contributed by atoms with Gasteiger partial charge in [0.25, 0.3) is 0 Å². The zero-order chi connectivity index (χ0) is 73.4. The molecule has 13 rings (SSSR count). The number of hydrogen-bond donors (Lipinski definition) is 0. The Morgan fingerprint density at radius 3 is 1.33 bits per heavy atom. The second-order valence-electron chi connectivity index (χ2n) is 30.8. The first-order valence-corrected chi connectivity index (χ1v) is 46.9. The van der Waals surface area contributed by atoms with Gasteiger partial charge in [0.05, 0.1) is 28.1 Å². The number of nitrogens with zero attached hydrogens (tertiary/aromatic N) is 3. The summed E-state index contributed by atoms with van der Waals surface area (Å²) in [6.07, 6.45) is 39.7. The van der Waals surface area contributed by atoms with E-state index in [1.165, 1.54) is 278 Å². The first-order chi connectivity index (χ1) is 51.3. The molecule has 3 aromatic carbocycles. The Morgan fingerprint density at radius 1 is 0.381 bits per heavy atom. The van der Waals surface area contributed by atoms with Gasteiger partial charge in [0.1, 0.15) is 5.00 Å². The molecular formula is C95H119N3S7. The quantitative estimate of drug-likeness (QED) is 0.0360. The van der Waals surface area contributed by atoms with Crippen molar-refractivity contribution in [1.82, 2.24) is 9.97 Å². The molecule has 0 bridgehead atoms. The standard InChI is InChI=1S/C48H65NS5.C47H54N2S2/c1-7-11-15-19-23-35-28-44(50-33(35)5)46-37(25-21-17-13-9-3)30-41(52-46)40-27-39-32-43(54-48(39)49-40)42-31-38(26-22-18-14-10-4)47(53-42)45-29-36(34(6)51-45)24-20-16-12-8-2;1-7-11-19-33(9-3)29-47(30-34(10-4)20-12-8-2)38-27-32(6)50-45(38)46-39(47)28-40(51-46)37-26-25-31(5)41-44(37)49-43(36-23-17-14-18-24-36)42(48-41)35-21-15-13-16-22-35/h28-32H,7-27H2,1-6H3;13-18,21-28,33-34H,7-12,19-20,29-30H2,1-6H3. The van der Waals surface area contributed by atoms with Crippen molar-refractivity contribution in [3.8, 4) is 72.0 Å². The zero-order valence-electron chi connectivity index (χ0n) is 65.7. The van der Waals surface area contributed by atoms with Crippen molar-refractivity contribution < 1.29 is 0 Å². The van der Waals surface area contributed by atoms with Crippen LogP contribution >= 0.6 is 79.4 Å². The third kappa shape index (κ3) is 18.7. The Bertz CT molecular complexity index is 4590. The lowest BCUT2D eigenvalue weighted by molar-refractivity contribution is 0.266. The third-order valence-corrected chi connectivity index (χ3v) is 31.4. The predicted octanol–water partition coefficient (Wildman–Crippen LogP) is 32.6. The lowest BCUT2D eigenvalue weighted by Gasteiger charge is -2.37. The Kier molecular flexibility index (Phi) is 28.8. The van der Waals surface area contributed by atoms with Gasteiger partial charge in [-0.2, -0.15) is 0 Å². The minimum absolute atomic E-state index is 0.0644. The topological polar surface area (TPSA) is 38.1 Å². The first-order valence-electron chi connectivity index (χ1n) is 41.2. The number of hydrogen-bond acceptors (Lipinski definition) is 10. The first kappa shape index (κ1) is 79.1. The molecule has 11 aromatic rings. The average molecular weight is 1530 g/mol. The van der Waals surface area contributed by atoms with E-state index < -0.39 is 0 Å². The summed E-state index contributed by atoms with van der Waals surface area (Å²) >= 11 is 14.1. The van der Waals surface area contributed by atoms with Crippen LogP contribution in [0.1, 0.15) is 286 Å². The van der Waals surface area contributed by atoms with Crippen molar-refractivity contribution in [2.24, 2.45) is 16.8 Å². The van der Waals surface area contributed by atoms with Crippen LogP contribution in [-0.2, 0) is 37.5 Å². The van der Waals surface area contributed by atoms with E-state index in [-0.39, 0.29) is 5.41 Å². The molecule has 9 heterocycles. The third-order valence-electron chi connectivity index (χ3n) is 22.8. The van der Waals surface area contributed by atoms with Gasteiger partial charge in [-0.3, -0.25) is 0 Å². The van der Waals surface area contributed by atoms with E-state index in [4.69, 9.17) is 15.0 Å². The second-order valence-corrected chi connectivity index (χ2v) is 38.7. The maximum Gasteiger partial charge on any atom is 0.120 e. The van der Waals surface area contributed by atoms with Crippen LogP contribution in [0.25, 0.3) is 83.0 Å². The molecule has 0 saturated carbocycles. The maximum absolute atomic E-state index is 5.56. The van der Waals surface area contributed by atoms with Gasteiger partial charge in [-0.05, 0) is 191 Å². The molecule has 0 amide bonds. The fourth-order valence-corrected chi connectivity index (χ4v) is 25.1. The van der Waals surface area contributed by atoms with E-state index in [0.29, 0.717) is 0 Å². The lowest BCUT2D eigenvalue weighted by atomic mass is 9.65. The Morgan fingerprint density at radius 2 is 0.829 bits per heavy atom. The number of fused-ring (bicyclic) bond motifs is 5. The smallest absolute Gasteiger partial charge is 0.120 e. The van der Waals surface area contributed by atoms with E-state index in [1.807, 2.05) is 79.4 Å². The largest absolute Gasteiger partial charge is 0.244 e. The fourth-order valence-electron chi connectivity index (χ4n) is 16.6. The summed E-state index contributed by atoms with van der Waals surface area (Å²) in [4.78, 5) is 35.5. The summed E-state index contributed by atoms with van der Waals surface area (Å²) in [5.74, 6) is 1.46. The number of aryl methyl sites for hydroxylation is 8. The summed E-state index contributed by atoms with van der Waals surface area (Å²) < 4.78 is 0. The average Bonchev–Trinajstić information content (AvgIpc) is 1.55. The molecule has 3 nitrogen and oxygen atoms in total. The number of aliphatic imine (C=N–C) groups is 1. The number of unbranched alkanes of at least 4 members (excludes halogenated alkanes) is 14. The Balaban J connectivity index is 0.000000197. The summed E-state index contributed by atoms with van der Waals surface area (Å²) in [5, 5.41) is 1.24. The second kappa shape index (κ2) is 38.3. The summed E-state index contributed by atoms with van der Waals surface area (Å²) in [6, 6.07) is 43.6. The molecule has 10 heteroatoms. The van der Waals surface area contributed by atoms with Gasteiger partial charge in [-0.15, -0.1) is 79.4 Å². The Labute approximate surface area is 661 Å². The van der Waals surface area contributed by atoms with Gasteiger partial charge in [0.15, 0.2) is 0 Å². The van der Waals surface area contributed by atoms with Crippen LogP contribution in [0.3, 0.4) is 0 Å². The summed E-state index contributed by atoms with van der Waals surface area (Å²) in [6.45, 7) is 28.0. The van der Waals surface area contributed by atoms with Crippen molar-refractivity contribution in [3.63, 3.8) is 0 Å². The highest BCUT2D eigenvalue weighted by Gasteiger charge is 2.48. The molecule has 0 N–H and O–H groups in total. The van der Waals surface area contributed by atoms with Crippen molar-refractivity contribution in [2.45, 2.75) is 288 Å². The molecule has 0 spiro atoms. The van der Waals surface area contributed by atoms with Crippen LogP contribution in [0, 0.1) is 39.5 Å². The fraction of sp³-hybridized carbons (Fsp3) is 0.484. The van der Waals surface area contributed by atoms with E-state index in [1.54, 1.807) is 33.4 Å². The van der Waals surface area contributed by atoms with Crippen LogP contribution in [0.4, 0.5) is 5.00 Å².